The molecule has 2 saturated carbocycles. The molecule has 1 N–H and O–H groups in total. The summed E-state index contributed by atoms with van der Waals surface area (Å²) >= 11 is 8.53. The van der Waals surface area contributed by atoms with Crippen molar-refractivity contribution in [1.29, 1.82) is 0 Å². The van der Waals surface area contributed by atoms with Gasteiger partial charge in [-0.2, -0.15) is 10.2 Å². The normalized spacial score (nSPS) is 13.0. The molecule has 15 rings (SSSR count). The van der Waals surface area contributed by atoms with Gasteiger partial charge in [-0.05, 0) is 245 Å². The molecule has 0 spiro atoms. The smallest absolute Gasteiger partial charge is 0.167 e. The Hall–Kier alpha value is -8.66. The molecule has 0 radical (unpaired) electrons. The second kappa shape index (κ2) is 61.9. The van der Waals surface area contributed by atoms with E-state index in [-0.39, 0.29) is 16.9 Å². The highest BCUT2D eigenvalue weighted by atomic mass is 79.9. The van der Waals surface area contributed by atoms with E-state index in [0.29, 0.717) is 54.1 Å². The molecule has 0 amide bonds. The van der Waals surface area contributed by atoms with Crippen molar-refractivity contribution in [3.8, 4) is 21.9 Å². The summed E-state index contributed by atoms with van der Waals surface area (Å²) in [7, 11) is 3.96. The van der Waals surface area contributed by atoms with Crippen LogP contribution in [-0.2, 0) is 78.3 Å². The van der Waals surface area contributed by atoms with Gasteiger partial charge in [-0.15, -0.1) is 34.0 Å². The fourth-order valence-corrected chi connectivity index (χ4v) is 18.1. The zero-order valence-corrected chi connectivity index (χ0v) is 105. The third-order valence-corrected chi connectivity index (χ3v) is 25.3. The van der Waals surface area contributed by atoms with E-state index in [1.54, 1.807) is 28.9 Å². The van der Waals surface area contributed by atoms with Gasteiger partial charge in [0.05, 0.1) is 56.5 Å². The van der Waals surface area contributed by atoms with Crippen LogP contribution in [0.2, 0.25) is 0 Å². The number of aryl methyl sites for hydroxylation is 7. The van der Waals surface area contributed by atoms with Crippen molar-refractivity contribution < 1.29 is 18.7 Å². The number of hydrogen-bond acceptors (Lipinski definition) is 17. The number of benzene rings is 3. The molecule has 10 aromatic heterocycles. The lowest BCUT2D eigenvalue weighted by Crippen LogP contribution is -2.17. The summed E-state index contributed by atoms with van der Waals surface area (Å²) in [6, 6.07) is 46.1. The second-order valence-electron chi connectivity index (χ2n) is 54.7. The maximum atomic E-state index is 9.86. The van der Waals surface area contributed by atoms with Gasteiger partial charge in [-0.3, -0.25) is 19.3 Å². The Morgan fingerprint density at radius 1 is 0.426 bits per heavy atom. The Balaban J connectivity index is 0.000000413. The molecule has 1 atom stereocenters. The van der Waals surface area contributed by atoms with E-state index >= 15 is 0 Å². The molecule has 3 aromatic carbocycles. The van der Waals surface area contributed by atoms with E-state index in [4.69, 9.17) is 13.6 Å². The first-order valence-electron chi connectivity index (χ1n) is 53.8. The van der Waals surface area contributed by atoms with Crippen LogP contribution in [0, 0.1) is 111 Å². The van der Waals surface area contributed by atoms with Crippen molar-refractivity contribution in [2.24, 2.45) is 90.9 Å². The van der Waals surface area contributed by atoms with Crippen molar-refractivity contribution >= 4 is 49.9 Å². The summed E-state index contributed by atoms with van der Waals surface area (Å²) < 4.78 is 19.5. The van der Waals surface area contributed by atoms with E-state index in [9.17, 15) is 5.11 Å². The monoisotopic (exact) mass is 2150 g/mol. The molecule has 2 aliphatic rings. The lowest BCUT2D eigenvalue weighted by Gasteiger charge is -2.25. The van der Waals surface area contributed by atoms with Gasteiger partial charge in [0.2, 0.25) is 0 Å². The number of halogens is 1. The number of pyridine rings is 2. The van der Waals surface area contributed by atoms with Crippen molar-refractivity contribution in [3.63, 3.8) is 0 Å². The molecule has 13 aromatic rings. The fraction of sp³-hybridized carbons (Fsp3) is 0.594. The summed E-state index contributed by atoms with van der Waals surface area (Å²) in [5.41, 5.74) is 20.8. The minimum atomic E-state index is -0.376. The highest BCUT2D eigenvalue weighted by Gasteiger charge is 2.29. The lowest BCUT2D eigenvalue weighted by molar-refractivity contribution is 0.0627. The topological polar surface area (TPSA) is 198 Å². The third-order valence-electron chi connectivity index (χ3n) is 22.1. The molecule has 20 heteroatoms. The zero-order valence-electron chi connectivity index (χ0n) is 101. The summed E-state index contributed by atoms with van der Waals surface area (Å²) in [6.07, 6.45) is 31.6. The number of thiazole rings is 3. The van der Waals surface area contributed by atoms with Crippen LogP contribution in [0.3, 0.4) is 0 Å². The molecule has 148 heavy (non-hydrogen) atoms. The first kappa shape index (κ1) is 133. The Morgan fingerprint density at radius 2 is 0.899 bits per heavy atom. The van der Waals surface area contributed by atoms with Crippen molar-refractivity contribution in [2.45, 2.75) is 406 Å². The van der Waals surface area contributed by atoms with E-state index in [1.807, 2.05) is 183 Å². The number of nitrogens with zero attached hydrogens (tertiary/aromatic N) is 12. The molecule has 0 saturated heterocycles. The Labute approximate surface area is 921 Å². The van der Waals surface area contributed by atoms with Crippen LogP contribution >= 0.6 is 49.9 Å². The molecule has 822 valence electrons. The minimum Gasteiger partial charge on any atom is -0.388 e. The third kappa shape index (κ3) is 68.3. The molecule has 2 aliphatic carbocycles. The van der Waals surface area contributed by atoms with E-state index in [0.717, 1.165) is 120 Å². The van der Waals surface area contributed by atoms with E-state index < -0.39 is 0 Å². The van der Waals surface area contributed by atoms with Crippen LogP contribution in [0.25, 0.3) is 21.9 Å². The van der Waals surface area contributed by atoms with Crippen LogP contribution in [-0.4, -0.2) is 65.1 Å². The van der Waals surface area contributed by atoms with Crippen LogP contribution in [0.5, 0.6) is 0 Å². The maximum absolute atomic E-state index is 9.86. The van der Waals surface area contributed by atoms with Gasteiger partial charge >= 0.3 is 0 Å². The van der Waals surface area contributed by atoms with Crippen LogP contribution in [0.15, 0.2) is 206 Å². The van der Waals surface area contributed by atoms with Gasteiger partial charge in [0.25, 0.3) is 0 Å². The Morgan fingerprint density at radius 3 is 1.26 bits per heavy atom. The Bertz CT molecular complexity index is 5390. The van der Waals surface area contributed by atoms with Crippen LogP contribution in [0.4, 0.5) is 0 Å². The molecule has 0 bridgehead atoms. The molecule has 0 aliphatic heterocycles. The fourth-order valence-electron chi connectivity index (χ4n) is 15.1. The number of hydrogen-bond donors (Lipinski definition) is 1. The first-order valence-corrected chi connectivity index (χ1v) is 57.2. The van der Waals surface area contributed by atoms with Crippen molar-refractivity contribution in [3.05, 3.63) is 281 Å². The van der Waals surface area contributed by atoms with E-state index in [2.05, 4.69) is 390 Å². The SMILES string of the molecule is CC(C)(C)C(O)c1ccccc1.CC(C)(C)CC1CC1.CC(C)(C)CCC1CC1.CC(C)(C)Cc1cc(Br)no1.CC(C)(C)Cc1ccccn1.CC(C)(C)Cc1cccnc1.CC(C)(C)Cc1ccon1.CCc1cc(-c2ccccc2)on1.Cc1nc(-c2ccccc2)sc1CC(C)(C)C.Cc1nc(CC(C)(C)C)cs1.Cc1nc(CC(C)(C)C)cs1.Cc1nn(C)c(C)c1CC(C)(C)C.Cn1cc(CC(C)(C)C)cn1. The molecular formula is C128H201BrN12O4S3. The second-order valence-corrected chi connectivity index (χ2v) is 58.7. The standard InChI is InChI=1S/C15H19NS.C11H20N2.C11H11NO.C11H16O.2C10H15N.C9H16N2.2C9H15NS.C9H18.C8H12BrNO.C8H13NO.C8H16/c1-11-13(10-15(2,3)4)17-14(16-11)12-8-6-5-7-9-12;1-8-10(7-11(3,4)5)9(2)13(6)12-8;1-2-10-8-11(13-12-10)9-6-4-3-5-7-9;1-11(2,3)10(12)9-7-5-4-6-8-9;1-10(2,3)7-9-5-4-6-11-8-9;1-10(2,3)8-9-6-4-5-7-11-9;1-9(2,3)5-8-6-10-11(4)7-8;2*1-7-10-8(6-11-7)5-9(2,3)4;1-9(2,3)7-6-8-4-5-8;1-8(2,3)5-6-4-7(9)10-11-6;1-8(2,3)6-7-4-5-10-9-7;1-8(2,3)6-7-4-5-7/h5-9H,10H2,1-4H3;7H2,1-6H3;3-8H,2H2,1H3;4-8,10,12H,1-3H3;4-6,8H,7H2,1-3H3;4-7H,8H2,1-3H3;6-7H,5H2,1-4H3;2*6H,5H2,1-4H3;8H,4-7H2,1-3H3;4H,5H2,1-3H3;4-5H,6H2,1-3H3;7H,4-6H2,1-3H3. The first-order chi connectivity index (χ1) is 68.0. The predicted molar refractivity (Wildman–Crippen MR) is 640 cm³/mol. The van der Waals surface area contributed by atoms with Gasteiger partial charge in [-0.25, -0.2) is 15.0 Å². The van der Waals surface area contributed by atoms with Crippen LogP contribution < -0.4 is 0 Å². The summed E-state index contributed by atoms with van der Waals surface area (Å²) in [4.78, 5) is 23.3. The predicted octanol–water partition coefficient (Wildman–Crippen LogP) is 37.8. The number of aliphatic hydroxyl groups is 1. The summed E-state index contributed by atoms with van der Waals surface area (Å²) in [5, 5.41) is 37.7. The highest BCUT2D eigenvalue weighted by molar-refractivity contribution is 9.10. The number of aliphatic hydroxyl groups excluding tert-OH is 1. The summed E-state index contributed by atoms with van der Waals surface area (Å²) in [5.74, 6) is 3.99. The largest absolute Gasteiger partial charge is 0.388 e. The number of aromatic nitrogens is 12. The van der Waals surface area contributed by atoms with Crippen molar-refractivity contribution in [2.75, 3.05) is 0 Å². The average Bonchev–Trinajstić information content (AvgIpc) is 1.69. The number of rotatable bonds is 16. The van der Waals surface area contributed by atoms with Gasteiger partial charge in [-0.1, -0.05) is 400 Å². The summed E-state index contributed by atoms with van der Waals surface area (Å²) in [6.45, 7) is 92.7. The molecular weight excluding hydrogens is 1950 g/mol. The van der Waals surface area contributed by atoms with E-state index in [1.165, 1.54) is 116 Å². The molecule has 16 nitrogen and oxygen atoms in total. The quantitative estimate of drug-likeness (QED) is 0.0958. The maximum Gasteiger partial charge on any atom is 0.167 e. The average molecular weight is 2150 g/mol. The zero-order chi connectivity index (χ0) is 112. The van der Waals surface area contributed by atoms with Gasteiger partial charge < -0.3 is 18.7 Å². The molecule has 2 fully saturated rings. The highest BCUT2D eigenvalue weighted by Crippen LogP contribution is 2.41. The van der Waals surface area contributed by atoms with Gasteiger partial charge in [0.15, 0.2) is 5.76 Å². The van der Waals surface area contributed by atoms with Crippen molar-refractivity contribution in [1.82, 2.24) is 60.0 Å². The van der Waals surface area contributed by atoms with Crippen LogP contribution in [0.1, 0.15) is 396 Å². The van der Waals surface area contributed by atoms with Gasteiger partial charge in [0.1, 0.15) is 21.6 Å². The lowest BCUT2D eigenvalue weighted by atomic mass is 9.85. The molecule has 1 unspecified atom stereocenters. The molecule has 10 heterocycles. The Kier molecular flexibility index (Phi) is 55.8. The van der Waals surface area contributed by atoms with Gasteiger partial charge in [0, 0.05) is 102 Å². The minimum absolute atomic E-state index is 0.0820.